The Bertz CT molecular complexity index is 437. The highest BCUT2D eigenvalue weighted by Crippen LogP contribution is 2.21. The van der Waals surface area contributed by atoms with Gasteiger partial charge < -0.3 is 0 Å². The fraction of sp³-hybridized carbons (Fsp3) is 0.312. The highest BCUT2D eigenvalue weighted by atomic mass is 14.0. The third-order valence-corrected chi connectivity index (χ3v) is 3.00. The molecule has 0 heteroatoms. The van der Waals surface area contributed by atoms with Crippen LogP contribution in [0.1, 0.15) is 38.2 Å². The molecule has 0 N–H and O–H groups in total. The molecule has 0 bridgehead atoms. The first-order valence-electron chi connectivity index (χ1n) is 6.23. The largest absolute Gasteiger partial charge is 0.0654 e. The fourth-order valence-electron chi connectivity index (χ4n) is 2.08. The van der Waals surface area contributed by atoms with E-state index in [1.807, 2.05) is 0 Å². The van der Waals surface area contributed by atoms with Gasteiger partial charge in [0, 0.05) is 0 Å². The highest BCUT2D eigenvalue weighted by molar-refractivity contribution is 5.86. The van der Waals surface area contributed by atoms with Gasteiger partial charge in [-0.05, 0) is 29.2 Å². The summed E-state index contributed by atoms with van der Waals surface area (Å²) in [6, 6.07) is 15.1. The summed E-state index contributed by atoms with van der Waals surface area (Å²) < 4.78 is 0. The van der Waals surface area contributed by atoms with Gasteiger partial charge >= 0.3 is 0 Å². The fourth-order valence-corrected chi connectivity index (χ4v) is 2.08. The minimum absolute atomic E-state index is 1.20. The molecule has 0 unspecified atom stereocenters. The summed E-state index contributed by atoms with van der Waals surface area (Å²) in [5.74, 6) is 0. The minimum atomic E-state index is 1.20. The Kier molecular flexibility index (Phi) is 3.98. The van der Waals surface area contributed by atoms with E-state index in [2.05, 4.69) is 55.8 Å². The number of hydrogen-bond acceptors (Lipinski definition) is 0. The van der Waals surface area contributed by atoms with Crippen LogP contribution in [0.2, 0.25) is 0 Å². The monoisotopic (exact) mass is 211 g/mol. The number of benzene rings is 2. The van der Waals surface area contributed by atoms with E-state index in [4.69, 9.17) is 0 Å². The van der Waals surface area contributed by atoms with Crippen molar-refractivity contribution in [3.8, 4) is 0 Å². The molecule has 16 heavy (non-hydrogen) atoms. The van der Waals surface area contributed by atoms with Crippen LogP contribution < -0.4 is 0 Å². The van der Waals surface area contributed by atoms with Crippen molar-refractivity contribution in [3.05, 3.63) is 54.4 Å². The Morgan fingerprint density at radius 1 is 0.938 bits per heavy atom. The number of unbranched alkanes of at least 4 members (excludes halogenated alkanes) is 3. The molecule has 0 aliphatic carbocycles. The second-order valence-corrected chi connectivity index (χ2v) is 4.27. The second kappa shape index (κ2) is 5.69. The maximum Gasteiger partial charge on any atom is -0.00867 e. The Hall–Kier alpha value is -1.30. The SMILES string of the molecule is CCCCC[CH]c1cccc2ccccc12. The van der Waals surface area contributed by atoms with E-state index in [1.54, 1.807) is 0 Å². The number of fused-ring (bicyclic) bond motifs is 1. The van der Waals surface area contributed by atoms with Crippen molar-refractivity contribution in [1.29, 1.82) is 0 Å². The molecule has 0 fully saturated rings. The zero-order valence-corrected chi connectivity index (χ0v) is 9.95. The molecule has 0 saturated carbocycles. The van der Waals surface area contributed by atoms with Crippen LogP contribution in [0.5, 0.6) is 0 Å². The van der Waals surface area contributed by atoms with Crippen molar-refractivity contribution in [2.45, 2.75) is 32.6 Å². The van der Waals surface area contributed by atoms with Crippen LogP contribution in [0.15, 0.2) is 42.5 Å². The molecule has 0 aromatic heterocycles. The number of hydrogen-bond donors (Lipinski definition) is 0. The lowest BCUT2D eigenvalue weighted by molar-refractivity contribution is 0.715. The molecule has 2 aromatic carbocycles. The third kappa shape index (κ3) is 2.63. The molecule has 0 aliphatic rings. The summed E-state index contributed by atoms with van der Waals surface area (Å²) in [5, 5.41) is 2.72. The van der Waals surface area contributed by atoms with Crippen LogP contribution in [0, 0.1) is 6.42 Å². The third-order valence-electron chi connectivity index (χ3n) is 3.00. The first kappa shape index (κ1) is 11.2. The number of rotatable bonds is 5. The van der Waals surface area contributed by atoms with Crippen LogP contribution >= 0.6 is 0 Å². The minimum Gasteiger partial charge on any atom is -0.0654 e. The van der Waals surface area contributed by atoms with Crippen LogP contribution in [0.3, 0.4) is 0 Å². The van der Waals surface area contributed by atoms with Crippen LogP contribution in [-0.4, -0.2) is 0 Å². The summed E-state index contributed by atoms with van der Waals surface area (Å²) in [4.78, 5) is 0. The van der Waals surface area contributed by atoms with E-state index in [0.29, 0.717) is 0 Å². The Labute approximate surface area is 98.3 Å². The van der Waals surface area contributed by atoms with Gasteiger partial charge in [0.05, 0.1) is 0 Å². The van der Waals surface area contributed by atoms with Gasteiger partial charge in [0.25, 0.3) is 0 Å². The topological polar surface area (TPSA) is 0 Å². The quantitative estimate of drug-likeness (QED) is 0.612. The van der Waals surface area contributed by atoms with Crippen molar-refractivity contribution in [1.82, 2.24) is 0 Å². The van der Waals surface area contributed by atoms with Gasteiger partial charge in [-0.15, -0.1) is 0 Å². The van der Waals surface area contributed by atoms with Gasteiger partial charge in [-0.25, -0.2) is 0 Å². The lowest BCUT2D eigenvalue weighted by Gasteiger charge is -2.05. The first-order valence-corrected chi connectivity index (χ1v) is 6.23. The lowest BCUT2D eigenvalue weighted by Crippen LogP contribution is -1.85. The summed E-state index contributed by atoms with van der Waals surface area (Å²) in [7, 11) is 0. The molecule has 0 amide bonds. The van der Waals surface area contributed by atoms with Crippen molar-refractivity contribution < 1.29 is 0 Å². The van der Waals surface area contributed by atoms with Gasteiger partial charge in [0.2, 0.25) is 0 Å². The van der Waals surface area contributed by atoms with Crippen molar-refractivity contribution >= 4 is 10.8 Å². The maximum absolute atomic E-state index is 2.37. The predicted molar refractivity (Wildman–Crippen MR) is 71.5 cm³/mol. The van der Waals surface area contributed by atoms with Crippen LogP contribution in [0.25, 0.3) is 10.8 Å². The van der Waals surface area contributed by atoms with Gasteiger partial charge in [0.1, 0.15) is 0 Å². The van der Waals surface area contributed by atoms with Crippen molar-refractivity contribution in [3.63, 3.8) is 0 Å². The summed E-state index contributed by atoms with van der Waals surface area (Å²) in [6.07, 6.45) is 7.50. The molecule has 2 rings (SSSR count). The Morgan fingerprint density at radius 3 is 2.62 bits per heavy atom. The van der Waals surface area contributed by atoms with Gasteiger partial charge in [0.15, 0.2) is 0 Å². The molecule has 0 atom stereocenters. The first-order chi connectivity index (χ1) is 7.92. The van der Waals surface area contributed by atoms with Crippen molar-refractivity contribution in [2.75, 3.05) is 0 Å². The zero-order valence-electron chi connectivity index (χ0n) is 9.95. The van der Waals surface area contributed by atoms with Gasteiger partial charge in [-0.1, -0.05) is 68.7 Å². The molecule has 0 heterocycles. The second-order valence-electron chi connectivity index (χ2n) is 4.27. The molecular weight excluding hydrogens is 192 g/mol. The molecule has 0 spiro atoms. The molecule has 2 aromatic rings. The highest BCUT2D eigenvalue weighted by Gasteiger charge is 1.99. The van der Waals surface area contributed by atoms with Gasteiger partial charge in [-0.3, -0.25) is 0 Å². The van der Waals surface area contributed by atoms with E-state index in [1.165, 1.54) is 42.0 Å². The van der Waals surface area contributed by atoms with E-state index < -0.39 is 0 Å². The molecular formula is C16H19. The summed E-state index contributed by atoms with van der Waals surface area (Å²) >= 11 is 0. The molecule has 0 saturated heterocycles. The molecule has 0 aliphatic heterocycles. The zero-order chi connectivity index (χ0) is 11.2. The average Bonchev–Trinajstić information content (AvgIpc) is 2.35. The van der Waals surface area contributed by atoms with E-state index >= 15 is 0 Å². The van der Waals surface area contributed by atoms with Gasteiger partial charge in [-0.2, -0.15) is 0 Å². The standard InChI is InChI=1S/C16H19/c1-2-3-4-5-9-14-11-8-12-15-10-6-7-13-16(14)15/h6-13H,2-5H2,1H3. The molecule has 0 nitrogen and oxygen atoms in total. The predicted octanol–water partition coefficient (Wildman–Crippen LogP) is 4.97. The maximum atomic E-state index is 2.37. The van der Waals surface area contributed by atoms with E-state index in [-0.39, 0.29) is 0 Å². The molecule has 83 valence electrons. The normalized spacial score (nSPS) is 10.8. The average molecular weight is 211 g/mol. The Morgan fingerprint density at radius 2 is 1.75 bits per heavy atom. The molecule has 1 radical (unpaired) electrons. The Balaban J connectivity index is 2.11. The van der Waals surface area contributed by atoms with Crippen LogP contribution in [0.4, 0.5) is 0 Å². The lowest BCUT2D eigenvalue weighted by atomic mass is 9.99. The summed E-state index contributed by atoms with van der Waals surface area (Å²) in [5.41, 5.74) is 1.38. The smallest absolute Gasteiger partial charge is 0.00867 e. The van der Waals surface area contributed by atoms with E-state index in [9.17, 15) is 0 Å². The summed E-state index contributed by atoms with van der Waals surface area (Å²) in [6.45, 7) is 2.25. The van der Waals surface area contributed by atoms with E-state index in [0.717, 1.165) is 0 Å². The van der Waals surface area contributed by atoms with Crippen molar-refractivity contribution in [2.24, 2.45) is 0 Å². The van der Waals surface area contributed by atoms with Crippen LogP contribution in [-0.2, 0) is 0 Å².